The first-order chi connectivity index (χ1) is 12.8. The number of nitro groups is 2. The first-order valence-corrected chi connectivity index (χ1v) is 7.42. The van der Waals surface area contributed by atoms with Gasteiger partial charge in [-0.3, -0.25) is 25.0 Å². The lowest BCUT2D eigenvalue weighted by Crippen LogP contribution is -2.28. The van der Waals surface area contributed by atoms with Crippen LogP contribution in [0.4, 0.5) is 11.4 Å². The summed E-state index contributed by atoms with van der Waals surface area (Å²) in [5.41, 5.74) is -0.335. The number of carboxylic acids is 1. The fraction of sp³-hybridized carbons (Fsp3) is 0.125. The van der Waals surface area contributed by atoms with E-state index in [2.05, 4.69) is 5.32 Å². The monoisotopic (exact) mass is 375 g/mol. The zero-order valence-electron chi connectivity index (χ0n) is 13.7. The molecule has 0 unspecified atom stereocenters. The number of nitro benzene ring substituents is 2. The molecule has 0 fully saturated rings. The van der Waals surface area contributed by atoms with Gasteiger partial charge >= 0.3 is 11.7 Å². The molecule has 0 bridgehead atoms. The molecule has 1 amide bonds. The quantitative estimate of drug-likeness (QED) is 0.522. The highest BCUT2D eigenvalue weighted by Gasteiger charge is 2.21. The maximum Gasteiger partial charge on any atom is 0.335 e. The molecule has 0 heterocycles. The van der Waals surface area contributed by atoms with E-state index < -0.39 is 39.7 Å². The van der Waals surface area contributed by atoms with Crippen LogP contribution in [0.15, 0.2) is 42.5 Å². The van der Waals surface area contributed by atoms with Gasteiger partial charge in [-0.2, -0.15) is 0 Å². The fourth-order valence-electron chi connectivity index (χ4n) is 2.04. The zero-order chi connectivity index (χ0) is 20.0. The van der Waals surface area contributed by atoms with Gasteiger partial charge < -0.3 is 15.2 Å². The molecule has 0 saturated heterocycles. The number of amides is 1. The van der Waals surface area contributed by atoms with Crippen LogP contribution in [0.1, 0.15) is 15.9 Å². The molecule has 2 N–H and O–H groups in total. The van der Waals surface area contributed by atoms with Crippen LogP contribution in [0.2, 0.25) is 0 Å². The van der Waals surface area contributed by atoms with Gasteiger partial charge in [0.2, 0.25) is 0 Å². The summed E-state index contributed by atoms with van der Waals surface area (Å²) in [5, 5.41) is 33.0. The van der Waals surface area contributed by atoms with E-state index in [1.807, 2.05) is 0 Å². The third-order valence-corrected chi connectivity index (χ3v) is 3.40. The Bertz CT molecular complexity index is 895. The van der Waals surface area contributed by atoms with Crippen LogP contribution in [0.3, 0.4) is 0 Å². The van der Waals surface area contributed by atoms with Crippen LogP contribution in [-0.4, -0.2) is 33.4 Å². The molecule has 0 spiro atoms. The second-order valence-corrected chi connectivity index (χ2v) is 5.23. The predicted octanol–water partition coefficient (Wildman–Crippen LogP) is 1.90. The Hall–Kier alpha value is -4.02. The summed E-state index contributed by atoms with van der Waals surface area (Å²) >= 11 is 0. The molecule has 0 aromatic heterocycles. The molecule has 2 aromatic rings. The van der Waals surface area contributed by atoms with Gasteiger partial charge in [0.25, 0.3) is 11.6 Å². The van der Waals surface area contributed by atoms with Gasteiger partial charge in [0.1, 0.15) is 0 Å². The van der Waals surface area contributed by atoms with Gasteiger partial charge in [-0.05, 0) is 23.8 Å². The van der Waals surface area contributed by atoms with E-state index in [0.717, 1.165) is 18.2 Å². The Morgan fingerprint density at radius 2 is 1.70 bits per heavy atom. The highest BCUT2D eigenvalue weighted by Crippen LogP contribution is 2.30. The number of aromatic carboxylic acids is 1. The summed E-state index contributed by atoms with van der Waals surface area (Å²) < 4.78 is 5.08. The van der Waals surface area contributed by atoms with E-state index in [-0.39, 0.29) is 17.9 Å². The van der Waals surface area contributed by atoms with E-state index in [4.69, 9.17) is 9.84 Å². The molecule has 0 aliphatic heterocycles. The number of benzene rings is 2. The number of carboxylic acid groups (broad SMARTS) is 1. The Kier molecular flexibility index (Phi) is 5.99. The topological polar surface area (TPSA) is 162 Å². The second kappa shape index (κ2) is 8.38. The van der Waals surface area contributed by atoms with Gasteiger partial charge in [-0.15, -0.1) is 0 Å². The number of hydrogen-bond donors (Lipinski definition) is 2. The number of carbonyl (C=O) groups excluding carboxylic acids is 1. The summed E-state index contributed by atoms with van der Waals surface area (Å²) in [6.07, 6.45) is 0. The van der Waals surface area contributed by atoms with Crippen molar-refractivity contribution in [1.82, 2.24) is 5.32 Å². The van der Waals surface area contributed by atoms with E-state index in [0.29, 0.717) is 5.56 Å². The molecule has 0 aliphatic rings. The summed E-state index contributed by atoms with van der Waals surface area (Å²) in [4.78, 5) is 42.6. The molecular weight excluding hydrogens is 362 g/mol. The van der Waals surface area contributed by atoms with Gasteiger partial charge in [0.05, 0.1) is 21.5 Å². The molecule has 2 rings (SSSR count). The fourth-order valence-corrected chi connectivity index (χ4v) is 2.04. The minimum absolute atomic E-state index is 0.102. The van der Waals surface area contributed by atoms with Crippen molar-refractivity contribution in [3.05, 3.63) is 73.8 Å². The number of nitrogens with zero attached hydrogens (tertiary/aromatic N) is 2. The first-order valence-electron chi connectivity index (χ1n) is 7.42. The highest BCUT2D eigenvalue weighted by atomic mass is 16.6. The molecule has 0 saturated carbocycles. The van der Waals surface area contributed by atoms with Gasteiger partial charge in [-0.25, -0.2) is 4.79 Å². The van der Waals surface area contributed by atoms with Crippen LogP contribution in [-0.2, 0) is 11.3 Å². The van der Waals surface area contributed by atoms with E-state index in [1.165, 1.54) is 24.3 Å². The number of carbonyl (C=O) groups is 2. The van der Waals surface area contributed by atoms with Crippen molar-refractivity contribution in [1.29, 1.82) is 0 Å². The maximum absolute atomic E-state index is 11.8. The Labute approximate surface area is 151 Å². The second-order valence-electron chi connectivity index (χ2n) is 5.23. The van der Waals surface area contributed by atoms with Crippen molar-refractivity contribution < 1.29 is 29.3 Å². The lowest BCUT2D eigenvalue weighted by Gasteiger charge is -2.08. The molecule has 140 valence electrons. The Balaban J connectivity index is 1.94. The third kappa shape index (κ3) is 5.22. The van der Waals surface area contributed by atoms with Crippen LogP contribution in [0.25, 0.3) is 0 Å². The number of rotatable bonds is 8. The minimum atomic E-state index is -1.07. The summed E-state index contributed by atoms with van der Waals surface area (Å²) in [6.45, 7) is -0.434. The summed E-state index contributed by atoms with van der Waals surface area (Å²) in [7, 11) is 0. The van der Waals surface area contributed by atoms with Crippen molar-refractivity contribution >= 4 is 23.3 Å². The van der Waals surface area contributed by atoms with Gasteiger partial charge in [0.15, 0.2) is 12.4 Å². The molecule has 11 nitrogen and oxygen atoms in total. The highest BCUT2D eigenvalue weighted by molar-refractivity contribution is 5.87. The van der Waals surface area contributed by atoms with Crippen LogP contribution < -0.4 is 10.1 Å². The Morgan fingerprint density at radius 1 is 1.04 bits per heavy atom. The normalized spacial score (nSPS) is 10.1. The van der Waals surface area contributed by atoms with Crippen molar-refractivity contribution in [2.75, 3.05) is 6.61 Å². The molecule has 27 heavy (non-hydrogen) atoms. The predicted molar refractivity (Wildman–Crippen MR) is 90.5 cm³/mol. The average molecular weight is 375 g/mol. The number of hydrogen-bond acceptors (Lipinski definition) is 7. The third-order valence-electron chi connectivity index (χ3n) is 3.40. The molecule has 0 aliphatic carbocycles. The van der Waals surface area contributed by atoms with Gasteiger partial charge in [0, 0.05) is 12.6 Å². The SMILES string of the molecule is O=C(COc1ccc([N+](=O)[O-])cc1[N+](=O)[O-])NCc1ccc(C(=O)O)cc1. The molecule has 0 atom stereocenters. The molecule has 2 aromatic carbocycles. The summed E-state index contributed by atoms with van der Waals surface area (Å²) in [5.74, 6) is -1.92. The van der Waals surface area contributed by atoms with E-state index >= 15 is 0 Å². The maximum atomic E-state index is 11.8. The standard InChI is InChI=1S/C16H13N3O8/c20-15(17-8-10-1-3-11(4-2-10)16(21)22)9-27-14-6-5-12(18(23)24)7-13(14)19(25)26/h1-7H,8-9H2,(H,17,20)(H,21,22). The smallest absolute Gasteiger partial charge is 0.335 e. The number of ether oxygens (including phenoxy) is 1. The largest absolute Gasteiger partial charge is 0.478 e. The summed E-state index contributed by atoms with van der Waals surface area (Å²) in [6, 6.07) is 8.67. The van der Waals surface area contributed by atoms with Crippen molar-refractivity contribution in [2.24, 2.45) is 0 Å². The van der Waals surface area contributed by atoms with E-state index in [1.54, 1.807) is 0 Å². The van der Waals surface area contributed by atoms with Crippen molar-refractivity contribution in [2.45, 2.75) is 6.54 Å². The zero-order valence-corrected chi connectivity index (χ0v) is 13.7. The lowest BCUT2D eigenvalue weighted by molar-refractivity contribution is -0.394. The minimum Gasteiger partial charge on any atom is -0.478 e. The van der Waals surface area contributed by atoms with Crippen LogP contribution >= 0.6 is 0 Å². The van der Waals surface area contributed by atoms with Crippen molar-refractivity contribution in [3.8, 4) is 5.75 Å². The van der Waals surface area contributed by atoms with Gasteiger partial charge in [-0.1, -0.05) is 12.1 Å². The first kappa shape index (κ1) is 19.3. The van der Waals surface area contributed by atoms with E-state index in [9.17, 15) is 29.8 Å². The van der Waals surface area contributed by atoms with Crippen LogP contribution in [0.5, 0.6) is 5.75 Å². The molecule has 0 radical (unpaired) electrons. The lowest BCUT2D eigenvalue weighted by atomic mass is 10.1. The van der Waals surface area contributed by atoms with Crippen molar-refractivity contribution in [3.63, 3.8) is 0 Å². The number of non-ortho nitro benzene ring substituents is 1. The number of nitrogens with one attached hydrogen (secondary N) is 1. The Morgan fingerprint density at radius 3 is 2.26 bits per heavy atom. The average Bonchev–Trinajstić information content (AvgIpc) is 2.64. The molecule has 11 heteroatoms. The molecular formula is C16H13N3O8. The van der Waals surface area contributed by atoms with Crippen LogP contribution in [0, 0.1) is 20.2 Å².